The molecule has 0 heterocycles. The van der Waals surface area contributed by atoms with Crippen molar-refractivity contribution in [1.29, 1.82) is 0 Å². The van der Waals surface area contributed by atoms with Gasteiger partial charge in [0.2, 0.25) is 5.91 Å². The second kappa shape index (κ2) is 37.4. The maximum atomic E-state index is 12.3. The number of amides is 1. The van der Waals surface area contributed by atoms with Gasteiger partial charge in [-0.15, -0.1) is 0 Å². The molecule has 0 saturated heterocycles. The molecule has 0 saturated carbocycles. The Labute approximate surface area is 326 Å². The van der Waals surface area contributed by atoms with Crippen molar-refractivity contribution in [3.63, 3.8) is 0 Å². The molecular weight excluding hydrogens is 709 g/mol. The number of carbonyl (C=O) groups excluding carboxylic acids is 2. The molecule has 312 valence electrons. The number of aliphatic carboxylic acids is 1. The lowest BCUT2D eigenvalue weighted by Gasteiger charge is -2.18. The van der Waals surface area contributed by atoms with Crippen LogP contribution in [-0.4, -0.2) is 64.9 Å². The Balaban J connectivity index is 3.95. The predicted molar refractivity (Wildman–Crippen MR) is 217 cm³/mol. The number of aliphatic hydroxyl groups is 1. The van der Waals surface area contributed by atoms with Crippen molar-refractivity contribution in [1.82, 2.24) is 5.32 Å². The first-order valence-corrected chi connectivity index (χ1v) is 22.2. The number of unbranched alkanes of at least 4 members (excludes halogenated alkanes) is 16. The largest absolute Gasteiger partial charge is 0.480 e. The Bertz CT molecular complexity index is 1110. The number of carboxylic acid groups (broad SMARTS) is 1. The highest BCUT2D eigenvalue weighted by molar-refractivity contribution is 7.47. The van der Waals surface area contributed by atoms with Crippen molar-refractivity contribution in [2.75, 3.05) is 19.8 Å². The lowest BCUT2D eigenvalue weighted by molar-refractivity contribution is -0.147. The molecule has 1 amide bonds. The van der Waals surface area contributed by atoms with Gasteiger partial charge in [0.05, 0.1) is 13.2 Å². The summed E-state index contributed by atoms with van der Waals surface area (Å²) in [5.41, 5.74) is 0. The summed E-state index contributed by atoms with van der Waals surface area (Å²) in [6.07, 6.45) is 39.9. The molecule has 12 heteroatoms. The van der Waals surface area contributed by atoms with Gasteiger partial charge in [-0.2, -0.15) is 0 Å². The van der Waals surface area contributed by atoms with Gasteiger partial charge in [0, 0.05) is 12.8 Å². The molecule has 11 nitrogen and oxygen atoms in total. The molecule has 0 aliphatic heterocycles. The SMILES string of the molecule is CCC/C=C\C/C=C\CCCCCCCC(=O)NC(COP(=O)(O)OCC(O)COC(=O)CCCCCCCCC/C=C\C/C=C\CCCCC)C(=O)O. The zero-order valence-corrected chi connectivity index (χ0v) is 34.4. The molecule has 0 rings (SSSR count). The summed E-state index contributed by atoms with van der Waals surface area (Å²) in [6.45, 7) is 2.46. The van der Waals surface area contributed by atoms with Crippen molar-refractivity contribution in [2.45, 2.75) is 180 Å². The van der Waals surface area contributed by atoms with Crippen LogP contribution in [0.1, 0.15) is 168 Å². The fourth-order valence-corrected chi connectivity index (χ4v) is 6.10. The van der Waals surface area contributed by atoms with E-state index in [1.807, 2.05) is 0 Å². The smallest absolute Gasteiger partial charge is 0.472 e. The van der Waals surface area contributed by atoms with E-state index in [9.17, 15) is 34.1 Å². The van der Waals surface area contributed by atoms with Gasteiger partial charge in [0.15, 0.2) is 6.04 Å². The van der Waals surface area contributed by atoms with Crippen LogP contribution in [0.15, 0.2) is 48.6 Å². The molecule has 0 aromatic carbocycles. The number of carbonyl (C=O) groups is 3. The van der Waals surface area contributed by atoms with Crippen LogP contribution in [0.5, 0.6) is 0 Å². The number of phosphoric acid groups is 1. The predicted octanol–water partition coefficient (Wildman–Crippen LogP) is 10.2. The van der Waals surface area contributed by atoms with Crippen molar-refractivity contribution in [2.24, 2.45) is 0 Å². The van der Waals surface area contributed by atoms with E-state index < -0.39 is 57.6 Å². The fraction of sp³-hybridized carbons (Fsp3) is 0.738. The lowest BCUT2D eigenvalue weighted by atomic mass is 10.1. The maximum absolute atomic E-state index is 12.3. The zero-order valence-electron chi connectivity index (χ0n) is 33.5. The summed E-state index contributed by atoms with van der Waals surface area (Å²) in [5, 5.41) is 21.8. The minimum atomic E-state index is -4.76. The number of phosphoric ester groups is 1. The molecule has 0 aliphatic rings. The standard InChI is InChI=1S/C42H74NO10P/c1-3-5-7-9-11-13-15-17-18-19-20-22-24-26-28-30-32-34-41(46)51-35-38(44)36-52-54(49,50)53-37-39(42(47)48)43-40(45)33-31-29-27-25-23-21-16-14-12-10-8-6-4-2/h8,10-11,13-14,16-18,38-39,44H,3-7,9,12,15,19-37H2,1-2H3,(H,43,45)(H,47,48)(H,49,50)/b10-8-,13-11-,16-14-,18-17-. The summed E-state index contributed by atoms with van der Waals surface area (Å²) in [7, 11) is -4.76. The monoisotopic (exact) mass is 784 g/mol. The Hall–Kier alpha value is -2.56. The van der Waals surface area contributed by atoms with Crippen molar-refractivity contribution >= 4 is 25.7 Å². The number of ether oxygens (including phenoxy) is 1. The third-order valence-electron chi connectivity index (χ3n) is 8.57. The summed E-state index contributed by atoms with van der Waals surface area (Å²) >= 11 is 0. The highest BCUT2D eigenvalue weighted by Gasteiger charge is 2.28. The first-order valence-electron chi connectivity index (χ1n) is 20.7. The number of hydrogen-bond donors (Lipinski definition) is 4. The van der Waals surface area contributed by atoms with Gasteiger partial charge in [0.1, 0.15) is 12.7 Å². The molecule has 0 aromatic heterocycles. The van der Waals surface area contributed by atoms with Crippen LogP contribution in [0.25, 0.3) is 0 Å². The van der Waals surface area contributed by atoms with E-state index in [0.29, 0.717) is 12.8 Å². The van der Waals surface area contributed by atoms with Gasteiger partial charge < -0.3 is 25.2 Å². The van der Waals surface area contributed by atoms with E-state index in [2.05, 4.69) is 67.8 Å². The molecule has 0 bridgehead atoms. The number of nitrogens with one attached hydrogen (secondary N) is 1. The molecule has 3 atom stereocenters. The third-order valence-corrected chi connectivity index (χ3v) is 9.52. The Morgan fingerprint density at radius 1 is 0.593 bits per heavy atom. The molecule has 0 aliphatic carbocycles. The second-order valence-electron chi connectivity index (χ2n) is 13.8. The fourth-order valence-electron chi connectivity index (χ4n) is 5.32. The first kappa shape index (κ1) is 51.4. The number of rotatable bonds is 38. The average molecular weight is 784 g/mol. The van der Waals surface area contributed by atoms with Crippen LogP contribution in [0.3, 0.4) is 0 Å². The molecule has 0 radical (unpaired) electrons. The summed E-state index contributed by atoms with van der Waals surface area (Å²) < 4.78 is 26.8. The molecule has 4 N–H and O–H groups in total. The van der Waals surface area contributed by atoms with Crippen molar-refractivity contribution < 1.29 is 47.8 Å². The highest BCUT2D eigenvalue weighted by atomic mass is 31.2. The van der Waals surface area contributed by atoms with Crippen LogP contribution >= 0.6 is 7.82 Å². The van der Waals surface area contributed by atoms with Gasteiger partial charge in [0.25, 0.3) is 0 Å². The molecular formula is C42H74NO10P. The van der Waals surface area contributed by atoms with E-state index in [4.69, 9.17) is 13.8 Å². The van der Waals surface area contributed by atoms with E-state index in [1.165, 1.54) is 44.9 Å². The van der Waals surface area contributed by atoms with Crippen LogP contribution in [0, 0.1) is 0 Å². The Kier molecular flexibility index (Phi) is 35.6. The summed E-state index contributed by atoms with van der Waals surface area (Å²) in [6, 6.07) is -1.55. The normalized spacial score (nSPS) is 14.3. The Morgan fingerprint density at radius 2 is 1.06 bits per heavy atom. The molecule has 54 heavy (non-hydrogen) atoms. The summed E-state index contributed by atoms with van der Waals surface area (Å²) in [4.78, 5) is 45.8. The topological polar surface area (TPSA) is 169 Å². The van der Waals surface area contributed by atoms with Gasteiger partial charge in [-0.25, -0.2) is 9.36 Å². The zero-order chi connectivity index (χ0) is 40.0. The van der Waals surface area contributed by atoms with Gasteiger partial charge in [-0.3, -0.25) is 18.6 Å². The van der Waals surface area contributed by atoms with Gasteiger partial charge in [-0.05, 0) is 70.6 Å². The second-order valence-corrected chi connectivity index (χ2v) is 15.3. The minimum absolute atomic E-state index is 0.127. The van der Waals surface area contributed by atoms with Gasteiger partial charge >= 0.3 is 19.8 Å². The summed E-state index contributed by atoms with van der Waals surface area (Å²) in [5.74, 6) is -2.41. The first-order chi connectivity index (χ1) is 26.1. The molecule has 0 spiro atoms. The van der Waals surface area contributed by atoms with E-state index in [-0.39, 0.29) is 12.8 Å². The number of hydrogen-bond acceptors (Lipinski definition) is 8. The van der Waals surface area contributed by atoms with E-state index in [1.54, 1.807) is 0 Å². The van der Waals surface area contributed by atoms with Crippen LogP contribution < -0.4 is 5.32 Å². The molecule has 3 unspecified atom stereocenters. The molecule has 0 fully saturated rings. The highest BCUT2D eigenvalue weighted by Crippen LogP contribution is 2.43. The quantitative estimate of drug-likeness (QED) is 0.0205. The van der Waals surface area contributed by atoms with E-state index >= 15 is 0 Å². The number of aliphatic hydroxyl groups excluding tert-OH is 1. The van der Waals surface area contributed by atoms with Crippen molar-refractivity contribution in [3.05, 3.63) is 48.6 Å². The lowest BCUT2D eigenvalue weighted by Crippen LogP contribution is -2.43. The average Bonchev–Trinajstić information content (AvgIpc) is 3.14. The number of allylic oxidation sites excluding steroid dienone is 8. The maximum Gasteiger partial charge on any atom is 0.472 e. The Morgan fingerprint density at radius 3 is 1.57 bits per heavy atom. The molecule has 0 aromatic rings. The minimum Gasteiger partial charge on any atom is -0.480 e. The third kappa shape index (κ3) is 36.4. The van der Waals surface area contributed by atoms with Crippen LogP contribution in [0.2, 0.25) is 0 Å². The van der Waals surface area contributed by atoms with Gasteiger partial charge in [-0.1, -0.05) is 133 Å². The van der Waals surface area contributed by atoms with Crippen LogP contribution in [-0.2, 0) is 32.7 Å². The van der Waals surface area contributed by atoms with Crippen LogP contribution in [0.4, 0.5) is 0 Å². The van der Waals surface area contributed by atoms with Crippen molar-refractivity contribution in [3.8, 4) is 0 Å². The van der Waals surface area contributed by atoms with E-state index in [0.717, 1.165) is 83.5 Å². The number of esters is 1. The number of carboxylic acids is 1.